The van der Waals surface area contributed by atoms with Crippen LogP contribution in [0.1, 0.15) is 41.6 Å². The van der Waals surface area contributed by atoms with Gasteiger partial charge in [-0.1, -0.05) is 42.6 Å². The van der Waals surface area contributed by atoms with Gasteiger partial charge in [0, 0.05) is 10.7 Å². The lowest BCUT2D eigenvalue weighted by Gasteiger charge is -2.19. The highest BCUT2D eigenvalue weighted by Gasteiger charge is 2.49. The molecule has 1 heterocycles. The summed E-state index contributed by atoms with van der Waals surface area (Å²) in [5.41, 5.74) is 2.00. The quantitative estimate of drug-likeness (QED) is 0.772. The Hall–Kier alpha value is -2.66. The number of imide groups is 1. The van der Waals surface area contributed by atoms with Gasteiger partial charge in [0.05, 0.1) is 23.1 Å². The van der Waals surface area contributed by atoms with Crippen LogP contribution in [0.4, 0.5) is 11.4 Å². The van der Waals surface area contributed by atoms with E-state index >= 15 is 0 Å². The minimum atomic E-state index is -0.378. The third-order valence-corrected chi connectivity index (χ3v) is 6.16. The Bertz CT molecular complexity index is 948. The standard InChI is InChI=1S/C22H21ClN2O3/c1-13-17(23)10-6-11-18(13)24-20(26)16-9-4-5-12-19(16)25-21(27)14-7-2-3-8-15(14)22(25)28/h4-6,9-12,14-15H,2-3,7-8H2,1H3,(H,24,26)/t14-,15+. The number of nitrogens with one attached hydrogen (secondary N) is 1. The molecule has 1 saturated heterocycles. The zero-order valence-corrected chi connectivity index (χ0v) is 16.3. The number of halogens is 1. The van der Waals surface area contributed by atoms with Gasteiger partial charge in [-0.2, -0.15) is 0 Å². The van der Waals surface area contributed by atoms with E-state index in [1.54, 1.807) is 42.5 Å². The van der Waals surface area contributed by atoms with Crippen molar-refractivity contribution in [1.82, 2.24) is 0 Å². The van der Waals surface area contributed by atoms with Crippen molar-refractivity contribution in [2.45, 2.75) is 32.6 Å². The monoisotopic (exact) mass is 396 g/mol. The summed E-state index contributed by atoms with van der Waals surface area (Å²) in [5.74, 6) is -1.26. The molecule has 3 amide bonds. The minimum Gasteiger partial charge on any atom is -0.322 e. The molecular weight excluding hydrogens is 376 g/mol. The number of nitrogens with zero attached hydrogens (tertiary/aromatic N) is 1. The summed E-state index contributed by atoms with van der Waals surface area (Å²) in [7, 11) is 0. The van der Waals surface area contributed by atoms with Crippen LogP contribution in [0.5, 0.6) is 0 Å². The van der Waals surface area contributed by atoms with E-state index in [1.807, 2.05) is 6.92 Å². The van der Waals surface area contributed by atoms with Crippen LogP contribution in [0, 0.1) is 18.8 Å². The van der Waals surface area contributed by atoms with Crippen LogP contribution in [0.3, 0.4) is 0 Å². The predicted octanol–water partition coefficient (Wildman–Crippen LogP) is 4.58. The van der Waals surface area contributed by atoms with Gasteiger partial charge in [-0.05, 0) is 49.6 Å². The van der Waals surface area contributed by atoms with Crippen LogP contribution < -0.4 is 10.2 Å². The van der Waals surface area contributed by atoms with Gasteiger partial charge in [-0.15, -0.1) is 0 Å². The number of rotatable bonds is 3. The van der Waals surface area contributed by atoms with E-state index in [0.717, 1.165) is 31.2 Å². The minimum absolute atomic E-state index is 0.186. The average Bonchev–Trinajstić information content (AvgIpc) is 2.96. The topological polar surface area (TPSA) is 66.5 Å². The highest BCUT2D eigenvalue weighted by Crippen LogP contribution is 2.41. The molecule has 0 unspecified atom stereocenters. The average molecular weight is 397 g/mol. The molecule has 28 heavy (non-hydrogen) atoms. The molecule has 1 saturated carbocycles. The number of carbonyl (C=O) groups is 3. The molecule has 0 bridgehead atoms. The zero-order chi connectivity index (χ0) is 19.8. The van der Waals surface area contributed by atoms with Gasteiger partial charge in [0.15, 0.2) is 0 Å². The number of fused-ring (bicyclic) bond motifs is 1. The predicted molar refractivity (Wildman–Crippen MR) is 109 cm³/mol. The molecule has 2 aromatic carbocycles. The van der Waals surface area contributed by atoms with Crippen molar-refractivity contribution in [3.8, 4) is 0 Å². The maximum Gasteiger partial charge on any atom is 0.257 e. The molecule has 0 radical (unpaired) electrons. The molecule has 2 fully saturated rings. The van der Waals surface area contributed by atoms with Gasteiger partial charge >= 0.3 is 0 Å². The Labute approximate surface area is 168 Å². The molecule has 4 rings (SSSR count). The van der Waals surface area contributed by atoms with Crippen molar-refractivity contribution in [3.05, 3.63) is 58.6 Å². The maximum absolute atomic E-state index is 13.0. The molecule has 0 aromatic heterocycles. The lowest BCUT2D eigenvalue weighted by Crippen LogP contribution is -2.33. The van der Waals surface area contributed by atoms with Gasteiger partial charge in [-0.25, -0.2) is 4.90 Å². The molecule has 2 atom stereocenters. The van der Waals surface area contributed by atoms with Gasteiger partial charge in [-0.3, -0.25) is 14.4 Å². The molecule has 0 spiro atoms. The first-order chi connectivity index (χ1) is 13.5. The summed E-state index contributed by atoms with van der Waals surface area (Å²) in [6.45, 7) is 1.82. The van der Waals surface area contributed by atoms with Crippen LogP contribution in [0.2, 0.25) is 5.02 Å². The first-order valence-corrected chi connectivity index (χ1v) is 9.90. The first-order valence-electron chi connectivity index (χ1n) is 9.52. The van der Waals surface area contributed by atoms with Crippen molar-refractivity contribution >= 4 is 40.7 Å². The molecule has 1 aliphatic carbocycles. The van der Waals surface area contributed by atoms with Gasteiger partial charge in [0.25, 0.3) is 5.91 Å². The lowest BCUT2D eigenvalue weighted by atomic mass is 9.81. The maximum atomic E-state index is 13.0. The number of hydrogen-bond donors (Lipinski definition) is 1. The largest absolute Gasteiger partial charge is 0.322 e. The second kappa shape index (κ2) is 7.40. The van der Waals surface area contributed by atoms with Crippen LogP contribution in [-0.4, -0.2) is 17.7 Å². The van der Waals surface area contributed by atoms with Crippen molar-refractivity contribution in [3.63, 3.8) is 0 Å². The van der Waals surface area contributed by atoms with E-state index in [9.17, 15) is 14.4 Å². The summed E-state index contributed by atoms with van der Waals surface area (Å²) in [4.78, 5) is 40.1. The van der Waals surface area contributed by atoms with E-state index in [0.29, 0.717) is 22.0 Å². The smallest absolute Gasteiger partial charge is 0.257 e. The van der Waals surface area contributed by atoms with Gasteiger partial charge < -0.3 is 5.32 Å². The third kappa shape index (κ3) is 3.10. The third-order valence-electron chi connectivity index (χ3n) is 5.75. The molecule has 5 nitrogen and oxygen atoms in total. The summed E-state index contributed by atoms with van der Waals surface area (Å²) in [6.07, 6.45) is 3.40. The van der Waals surface area contributed by atoms with Crippen molar-refractivity contribution in [2.24, 2.45) is 11.8 Å². The Balaban J connectivity index is 1.67. The second-order valence-electron chi connectivity index (χ2n) is 7.39. The highest BCUT2D eigenvalue weighted by atomic mass is 35.5. The van der Waals surface area contributed by atoms with E-state index < -0.39 is 0 Å². The summed E-state index contributed by atoms with van der Waals surface area (Å²) < 4.78 is 0. The van der Waals surface area contributed by atoms with Crippen LogP contribution in [0.25, 0.3) is 0 Å². The fraction of sp³-hybridized carbons (Fsp3) is 0.318. The van der Waals surface area contributed by atoms with Crippen molar-refractivity contribution < 1.29 is 14.4 Å². The fourth-order valence-electron chi connectivity index (χ4n) is 4.19. The second-order valence-corrected chi connectivity index (χ2v) is 7.80. The number of hydrogen-bond acceptors (Lipinski definition) is 3. The van der Waals surface area contributed by atoms with Crippen molar-refractivity contribution in [2.75, 3.05) is 10.2 Å². The fourth-order valence-corrected chi connectivity index (χ4v) is 4.37. The highest BCUT2D eigenvalue weighted by molar-refractivity contribution is 6.32. The van der Waals surface area contributed by atoms with Crippen LogP contribution in [0.15, 0.2) is 42.5 Å². The van der Waals surface area contributed by atoms with Crippen LogP contribution in [-0.2, 0) is 9.59 Å². The van der Waals surface area contributed by atoms with E-state index in [4.69, 9.17) is 11.6 Å². The number of amides is 3. The molecule has 1 N–H and O–H groups in total. The summed E-state index contributed by atoms with van der Waals surface area (Å²) in [5, 5.41) is 3.41. The molecule has 2 aromatic rings. The molecular formula is C22H21ClN2O3. The number of para-hydroxylation sites is 1. The Morgan fingerprint density at radius 2 is 1.64 bits per heavy atom. The Morgan fingerprint density at radius 1 is 1.00 bits per heavy atom. The SMILES string of the molecule is Cc1c(Cl)cccc1NC(=O)c1ccccc1N1C(=O)[C@H]2CCCC[C@H]2C1=O. The Kier molecular flexibility index (Phi) is 4.94. The van der Waals surface area contributed by atoms with E-state index in [-0.39, 0.29) is 29.6 Å². The Morgan fingerprint density at radius 3 is 2.32 bits per heavy atom. The van der Waals surface area contributed by atoms with E-state index in [2.05, 4.69) is 5.32 Å². The van der Waals surface area contributed by atoms with Crippen LogP contribution >= 0.6 is 11.6 Å². The number of benzene rings is 2. The summed E-state index contributed by atoms with van der Waals surface area (Å²) in [6, 6.07) is 12.0. The molecule has 2 aliphatic rings. The molecule has 1 aliphatic heterocycles. The number of carbonyl (C=O) groups excluding carboxylic acids is 3. The first kappa shape index (κ1) is 18.7. The normalized spacial score (nSPS) is 21.6. The summed E-state index contributed by atoms with van der Waals surface area (Å²) >= 11 is 6.14. The van der Waals surface area contributed by atoms with Crippen molar-refractivity contribution in [1.29, 1.82) is 0 Å². The number of anilines is 2. The molecule has 144 valence electrons. The van der Waals surface area contributed by atoms with E-state index in [1.165, 1.54) is 4.90 Å². The zero-order valence-electron chi connectivity index (χ0n) is 15.6. The van der Waals surface area contributed by atoms with Gasteiger partial charge in [0.2, 0.25) is 11.8 Å². The lowest BCUT2D eigenvalue weighted by molar-refractivity contribution is -0.122. The molecule has 6 heteroatoms. The van der Waals surface area contributed by atoms with Gasteiger partial charge in [0.1, 0.15) is 0 Å².